The van der Waals surface area contributed by atoms with Crippen molar-refractivity contribution < 1.29 is 14.3 Å². The van der Waals surface area contributed by atoms with Gasteiger partial charge in [0.25, 0.3) is 5.91 Å². The zero-order valence-corrected chi connectivity index (χ0v) is 15.5. The highest BCUT2D eigenvalue weighted by Crippen LogP contribution is 2.17. The van der Waals surface area contributed by atoms with Crippen LogP contribution in [0.5, 0.6) is 0 Å². The Bertz CT molecular complexity index is 813. The zero-order valence-electron chi connectivity index (χ0n) is 15.5. The van der Waals surface area contributed by atoms with Gasteiger partial charge in [-0.1, -0.05) is 6.07 Å². The summed E-state index contributed by atoms with van der Waals surface area (Å²) in [5, 5.41) is 3.97. The lowest BCUT2D eigenvalue weighted by molar-refractivity contribution is 0.0185. The molecule has 138 valence electrons. The Kier molecular flexibility index (Phi) is 5.11. The number of rotatable bonds is 2. The molecular weight excluding hydrogens is 330 g/mol. The van der Waals surface area contributed by atoms with Crippen molar-refractivity contribution in [1.29, 1.82) is 0 Å². The molecule has 1 aliphatic rings. The molecule has 2 heterocycles. The smallest absolute Gasteiger partial charge is 0.410 e. The molecule has 6 nitrogen and oxygen atoms in total. The maximum atomic E-state index is 12.6. The van der Waals surface area contributed by atoms with Crippen molar-refractivity contribution in [3.05, 3.63) is 42.1 Å². The van der Waals surface area contributed by atoms with Crippen LogP contribution in [0.25, 0.3) is 10.9 Å². The number of pyridine rings is 1. The lowest BCUT2D eigenvalue weighted by Gasteiger charge is -2.34. The number of piperidine rings is 1. The monoisotopic (exact) mass is 355 g/mol. The van der Waals surface area contributed by atoms with Gasteiger partial charge in [0.15, 0.2) is 0 Å². The summed E-state index contributed by atoms with van der Waals surface area (Å²) in [6, 6.07) is 9.17. The number of benzene rings is 1. The number of amides is 2. The van der Waals surface area contributed by atoms with Crippen LogP contribution >= 0.6 is 0 Å². The van der Waals surface area contributed by atoms with E-state index in [1.807, 2.05) is 45.0 Å². The van der Waals surface area contributed by atoms with Crippen LogP contribution in [0.4, 0.5) is 4.79 Å². The molecular formula is C20H25N3O3. The van der Waals surface area contributed by atoms with Gasteiger partial charge in [0, 0.05) is 36.3 Å². The second-order valence-electron chi connectivity index (χ2n) is 7.65. The van der Waals surface area contributed by atoms with Crippen LogP contribution in [0.15, 0.2) is 36.5 Å². The predicted octanol–water partition coefficient (Wildman–Crippen LogP) is 3.36. The highest BCUT2D eigenvalue weighted by Gasteiger charge is 2.28. The second-order valence-corrected chi connectivity index (χ2v) is 7.65. The molecule has 3 rings (SSSR count). The van der Waals surface area contributed by atoms with Crippen molar-refractivity contribution in [3.8, 4) is 0 Å². The number of ether oxygens (including phenoxy) is 1. The van der Waals surface area contributed by atoms with E-state index in [0.717, 1.165) is 23.7 Å². The summed E-state index contributed by atoms with van der Waals surface area (Å²) >= 11 is 0. The highest BCUT2D eigenvalue weighted by molar-refractivity contribution is 5.98. The van der Waals surface area contributed by atoms with Gasteiger partial charge in [-0.25, -0.2) is 4.79 Å². The molecule has 1 fully saturated rings. The molecule has 0 spiro atoms. The van der Waals surface area contributed by atoms with Gasteiger partial charge in [-0.05, 0) is 57.9 Å². The fraction of sp³-hybridized carbons (Fsp3) is 0.450. The fourth-order valence-electron chi connectivity index (χ4n) is 3.07. The number of aromatic nitrogens is 1. The van der Waals surface area contributed by atoms with Crippen LogP contribution in [0, 0.1) is 0 Å². The van der Waals surface area contributed by atoms with Crippen LogP contribution in [0.1, 0.15) is 44.0 Å². The van der Waals surface area contributed by atoms with E-state index < -0.39 is 5.60 Å². The first kappa shape index (κ1) is 18.2. The first-order valence-electron chi connectivity index (χ1n) is 8.95. The van der Waals surface area contributed by atoms with Gasteiger partial charge in [0.1, 0.15) is 5.60 Å². The number of nitrogens with one attached hydrogen (secondary N) is 1. The normalized spacial score (nSPS) is 17.8. The highest BCUT2D eigenvalue weighted by atomic mass is 16.6. The van der Waals surface area contributed by atoms with Gasteiger partial charge >= 0.3 is 6.09 Å². The summed E-state index contributed by atoms with van der Waals surface area (Å²) in [6.45, 7) is 6.67. The third-order valence-electron chi connectivity index (χ3n) is 4.27. The Labute approximate surface area is 153 Å². The molecule has 26 heavy (non-hydrogen) atoms. The van der Waals surface area contributed by atoms with Crippen molar-refractivity contribution in [2.24, 2.45) is 0 Å². The first-order chi connectivity index (χ1) is 12.3. The Balaban J connectivity index is 1.63. The molecule has 6 heteroatoms. The van der Waals surface area contributed by atoms with Gasteiger partial charge in [-0.3, -0.25) is 9.78 Å². The summed E-state index contributed by atoms with van der Waals surface area (Å²) in [5.74, 6) is -0.133. The van der Waals surface area contributed by atoms with Crippen molar-refractivity contribution in [2.75, 3.05) is 13.1 Å². The summed E-state index contributed by atoms with van der Waals surface area (Å²) in [5.41, 5.74) is 0.935. The maximum Gasteiger partial charge on any atom is 0.410 e. The average Bonchev–Trinajstić information content (AvgIpc) is 2.60. The minimum atomic E-state index is -0.521. The molecule has 1 aromatic heterocycles. The van der Waals surface area contributed by atoms with Crippen molar-refractivity contribution in [2.45, 2.75) is 45.3 Å². The van der Waals surface area contributed by atoms with Crippen LogP contribution in [0.3, 0.4) is 0 Å². The molecule has 1 atom stereocenters. The summed E-state index contributed by atoms with van der Waals surface area (Å²) < 4.78 is 5.43. The van der Waals surface area contributed by atoms with Crippen LogP contribution in [-0.4, -0.2) is 46.6 Å². The first-order valence-corrected chi connectivity index (χ1v) is 8.95. The minimum absolute atomic E-state index is 0.0756. The topological polar surface area (TPSA) is 71.5 Å². The van der Waals surface area contributed by atoms with Crippen LogP contribution in [0.2, 0.25) is 0 Å². The summed E-state index contributed by atoms with van der Waals surface area (Å²) in [4.78, 5) is 30.8. The van der Waals surface area contributed by atoms with Gasteiger partial charge < -0.3 is 15.0 Å². The SMILES string of the molecule is CC(C)(C)OC(=O)N1CCC[C@@H](NC(=O)c2ccc3ncccc3c2)C1. The summed E-state index contributed by atoms with van der Waals surface area (Å²) in [6.07, 6.45) is 3.09. The minimum Gasteiger partial charge on any atom is -0.444 e. The van der Waals surface area contributed by atoms with E-state index in [1.165, 1.54) is 0 Å². The van der Waals surface area contributed by atoms with Crippen LogP contribution < -0.4 is 5.32 Å². The van der Waals surface area contributed by atoms with E-state index in [2.05, 4.69) is 10.3 Å². The number of fused-ring (bicyclic) bond motifs is 1. The van der Waals surface area contributed by atoms with E-state index in [4.69, 9.17) is 4.74 Å². The third-order valence-corrected chi connectivity index (χ3v) is 4.27. The van der Waals surface area contributed by atoms with Crippen LogP contribution in [-0.2, 0) is 4.74 Å². The number of likely N-dealkylation sites (tertiary alicyclic amines) is 1. The molecule has 2 aromatic rings. The van der Waals surface area contributed by atoms with Gasteiger partial charge in [0.2, 0.25) is 0 Å². The molecule has 0 saturated carbocycles. The van der Waals surface area contributed by atoms with E-state index in [0.29, 0.717) is 18.7 Å². The van der Waals surface area contributed by atoms with E-state index in [9.17, 15) is 9.59 Å². The molecule has 0 bridgehead atoms. The second kappa shape index (κ2) is 7.32. The standard InChI is InChI=1S/C20H25N3O3/c1-20(2,3)26-19(25)23-11-5-7-16(13-23)22-18(24)15-8-9-17-14(12-15)6-4-10-21-17/h4,6,8-10,12,16H,5,7,11,13H2,1-3H3,(H,22,24)/t16-/m1/s1. The molecule has 2 amide bonds. The van der Waals surface area contributed by atoms with Crippen molar-refractivity contribution >= 4 is 22.9 Å². The van der Waals surface area contributed by atoms with E-state index >= 15 is 0 Å². The predicted molar refractivity (Wildman–Crippen MR) is 100 cm³/mol. The molecule has 0 radical (unpaired) electrons. The quantitative estimate of drug-likeness (QED) is 0.897. The lowest BCUT2D eigenvalue weighted by Crippen LogP contribution is -2.50. The lowest BCUT2D eigenvalue weighted by atomic mass is 10.0. The molecule has 0 aliphatic carbocycles. The number of carbonyl (C=O) groups is 2. The average molecular weight is 355 g/mol. The molecule has 1 aromatic carbocycles. The molecule has 1 saturated heterocycles. The number of carbonyl (C=O) groups excluding carboxylic acids is 2. The largest absolute Gasteiger partial charge is 0.444 e. The number of nitrogens with zero attached hydrogens (tertiary/aromatic N) is 2. The Morgan fingerprint density at radius 3 is 2.85 bits per heavy atom. The fourth-order valence-corrected chi connectivity index (χ4v) is 3.07. The number of hydrogen-bond acceptors (Lipinski definition) is 4. The Hall–Kier alpha value is -2.63. The van der Waals surface area contributed by atoms with E-state index in [1.54, 1.807) is 17.2 Å². The third kappa shape index (κ3) is 4.50. The maximum absolute atomic E-state index is 12.6. The molecule has 0 unspecified atom stereocenters. The van der Waals surface area contributed by atoms with Gasteiger partial charge in [-0.15, -0.1) is 0 Å². The Morgan fingerprint density at radius 2 is 2.08 bits per heavy atom. The van der Waals surface area contributed by atoms with Gasteiger partial charge in [0.05, 0.1) is 5.52 Å². The molecule has 1 aliphatic heterocycles. The summed E-state index contributed by atoms with van der Waals surface area (Å²) in [7, 11) is 0. The molecule has 1 N–H and O–H groups in total. The number of hydrogen-bond donors (Lipinski definition) is 1. The zero-order chi connectivity index (χ0) is 18.7. The van der Waals surface area contributed by atoms with Crippen molar-refractivity contribution in [1.82, 2.24) is 15.2 Å². The van der Waals surface area contributed by atoms with E-state index in [-0.39, 0.29) is 18.0 Å². The Morgan fingerprint density at radius 1 is 1.27 bits per heavy atom. The van der Waals surface area contributed by atoms with Gasteiger partial charge in [-0.2, -0.15) is 0 Å². The van der Waals surface area contributed by atoms with Crippen molar-refractivity contribution in [3.63, 3.8) is 0 Å².